The number of benzene rings is 2. The van der Waals surface area contributed by atoms with E-state index in [0.717, 1.165) is 21.1 Å². The summed E-state index contributed by atoms with van der Waals surface area (Å²) in [6.07, 6.45) is 1.71. The van der Waals surface area contributed by atoms with Gasteiger partial charge in [-0.3, -0.25) is 0 Å². The van der Waals surface area contributed by atoms with Crippen molar-refractivity contribution in [2.24, 2.45) is 0 Å². The number of nitrogens with zero attached hydrogens (tertiary/aromatic N) is 3. The number of rotatable bonds is 11. The summed E-state index contributed by atoms with van der Waals surface area (Å²) < 4.78 is 43.6. The van der Waals surface area contributed by atoms with E-state index >= 15 is 0 Å². The maximum atomic E-state index is 11.9. The average molecular weight is 503 g/mol. The Kier molecular flexibility index (Phi) is 8.33. The molecule has 0 amide bonds. The Bertz CT molecular complexity index is 1240. The minimum absolute atomic E-state index is 0.191. The van der Waals surface area contributed by atoms with Crippen molar-refractivity contribution in [2.45, 2.75) is 13.5 Å². The highest BCUT2D eigenvalue weighted by molar-refractivity contribution is 7.87. The summed E-state index contributed by atoms with van der Waals surface area (Å²) in [6, 6.07) is 10.9. The maximum Gasteiger partial charge on any atom is 0.279 e. The third-order valence-electron chi connectivity index (χ3n) is 5.05. The smallest absolute Gasteiger partial charge is 0.279 e. The fraction of sp³-hybridized carbons (Fsp3) is 0.304. The van der Waals surface area contributed by atoms with Crippen molar-refractivity contribution in [3.8, 4) is 17.2 Å². The van der Waals surface area contributed by atoms with Crippen molar-refractivity contribution in [2.75, 3.05) is 46.1 Å². The van der Waals surface area contributed by atoms with Gasteiger partial charge in [0.25, 0.3) is 10.2 Å². The molecular weight excluding hydrogens is 472 g/mol. The van der Waals surface area contributed by atoms with Gasteiger partial charge in [0, 0.05) is 55.9 Å². The first kappa shape index (κ1) is 26.0. The molecule has 0 unspecified atom stereocenters. The number of anilines is 4. The van der Waals surface area contributed by atoms with Crippen molar-refractivity contribution in [1.82, 2.24) is 19.0 Å². The van der Waals surface area contributed by atoms with Gasteiger partial charge in [0.2, 0.25) is 11.7 Å². The highest BCUT2D eigenvalue weighted by Crippen LogP contribution is 2.40. The van der Waals surface area contributed by atoms with Crippen molar-refractivity contribution in [3.63, 3.8) is 0 Å². The van der Waals surface area contributed by atoms with Crippen LogP contribution in [-0.4, -0.2) is 58.1 Å². The molecule has 2 aromatic carbocycles. The Morgan fingerprint density at radius 3 is 2.09 bits per heavy atom. The van der Waals surface area contributed by atoms with E-state index in [-0.39, 0.29) is 6.54 Å². The number of ether oxygens (including phenoxy) is 3. The second-order valence-corrected chi connectivity index (χ2v) is 9.66. The molecule has 3 rings (SSSR count). The first-order valence-corrected chi connectivity index (χ1v) is 12.0. The Labute approximate surface area is 205 Å². The highest BCUT2D eigenvalue weighted by atomic mass is 32.2. The molecule has 1 heterocycles. The minimum atomic E-state index is -3.48. The molecule has 0 saturated heterocycles. The molecule has 188 valence electrons. The average Bonchev–Trinajstić information content (AvgIpc) is 2.84. The molecule has 3 aromatic rings. The molecule has 0 radical (unpaired) electrons. The van der Waals surface area contributed by atoms with Crippen LogP contribution in [0.4, 0.5) is 23.1 Å². The lowest BCUT2D eigenvalue weighted by molar-refractivity contribution is 0.324. The van der Waals surface area contributed by atoms with Crippen LogP contribution in [0.1, 0.15) is 11.1 Å². The van der Waals surface area contributed by atoms with Crippen molar-refractivity contribution in [3.05, 3.63) is 53.7 Å². The van der Waals surface area contributed by atoms with Crippen molar-refractivity contribution in [1.29, 1.82) is 0 Å². The lowest BCUT2D eigenvalue weighted by Crippen LogP contribution is -2.35. The fourth-order valence-electron chi connectivity index (χ4n) is 3.06. The zero-order valence-electron chi connectivity index (χ0n) is 20.5. The second kappa shape index (κ2) is 11.2. The topological polar surface area (TPSA) is 127 Å². The van der Waals surface area contributed by atoms with E-state index in [1.807, 2.05) is 31.2 Å². The molecule has 0 aliphatic carbocycles. The Hall–Kier alpha value is -3.61. The number of hydrogen-bond donors (Lipinski definition) is 3. The zero-order valence-corrected chi connectivity index (χ0v) is 21.4. The zero-order chi connectivity index (χ0) is 25.6. The van der Waals surface area contributed by atoms with Crippen LogP contribution in [0, 0.1) is 6.92 Å². The van der Waals surface area contributed by atoms with Gasteiger partial charge in [0.05, 0.1) is 21.3 Å². The minimum Gasteiger partial charge on any atom is -0.493 e. The molecule has 11 nitrogen and oxygen atoms in total. The molecule has 0 aliphatic heterocycles. The summed E-state index contributed by atoms with van der Waals surface area (Å²) >= 11 is 0. The molecule has 0 saturated carbocycles. The number of hydrogen-bond acceptors (Lipinski definition) is 9. The molecule has 0 bridgehead atoms. The molecule has 0 aliphatic rings. The van der Waals surface area contributed by atoms with Crippen molar-refractivity contribution < 1.29 is 22.6 Å². The van der Waals surface area contributed by atoms with Gasteiger partial charge < -0.3 is 24.8 Å². The lowest BCUT2D eigenvalue weighted by Gasteiger charge is -2.15. The van der Waals surface area contributed by atoms with Crippen LogP contribution in [0.25, 0.3) is 0 Å². The molecule has 1 aromatic heterocycles. The van der Waals surface area contributed by atoms with Gasteiger partial charge in [-0.2, -0.15) is 22.4 Å². The Morgan fingerprint density at radius 1 is 0.914 bits per heavy atom. The predicted molar refractivity (Wildman–Crippen MR) is 135 cm³/mol. The normalized spacial score (nSPS) is 11.3. The van der Waals surface area contributed by atoms with Gasteiger partial charge in [-0.25, -0.2) is 4.98 Å². The quantitative estimate of drug-likeness (QED) is 0.362. The van der Waals surface area contributed by atoms with Crippen LogP contribution in [0.3, 0.4) is 0 Å². The van der Waals surface area contributed by atoms with Gasteiger partial charge in [-0.1, -0.05) is 12.1 Å². The van der Waals surface area contributed by atoms with Crippen LogP contribution >= 0.6 is 0 Å². The Morgan fingerprint density at radius 2 is 1.54 bits per heavy atom. The summed E-state index contributed by atoms with van der Waals surface area (Å²) in [7, 11) is 4.11. The summed E-state index contributed by atoms with van der Waals surface area (Å²) in [6.45, 7) is 2.09. The van der Waals surface area contributed by atoms with E-state index in [0.29, 0.717) is 34.7 Å². The van der Waals surface area contributed by atoms with Crippen molar-refractivity contribution >= 4 is 33.4 Å². The molecule has 35 heavy (non-hydrogen) atoms. The molecule has 0 spiro atoms. The second-order valence-electron chi connectivity index (χ2n) is 7.69. The number of aryl methyl sites for hydroxylation is 1. The molecule has 0 atom stereocenters. The first-order valence-electron chi connectivity index (χ1n) is 10.6. The summed E-state index contributed by atoms with van der Waals surface area (Å²) in [5.41, 5.74) is 3.14. The van der Waals surface area contributed by atoms with E-state index in [1.54, 1.807) is 39.7 Å². The lowest BCUT2D eigenvalue weighted by atomic mass is 10.2. The van der Waals surface area contributed by atoms with Crippen LogP contribution in [0.2, 0.25) is 0 Å². The van der Waals surface area contributed by atoms with E-state index in [9.17, 15) is 8.42 Å². The fourth-order valence-corrected chi connectivity index (χ4v) is 3.66. The van der Waals surface area contributed by atoms with Gasteiger partial charge in [0.15, 0.2) is 11.5 Å². The summed E-state index contributed by atoms with van der Waals surface area (Å²) in [5, 5.41) is 6.43. The van der Waals surface area contributed by atoms with Crippen LogP contribution in [0.5, 0.6) is 17.2 Å². The maximum absolute atomic E-state index is 11.9. The highest BCUT2D eigenvalue weighted by Gasteiger charge is 2.15. The molecule has 12 heteroatoms. The van der Waals surface area contributed by atoms with Crippen LogP contribution in [0.15, 0.2) is 42.6 Å². The SMILES string of the molecule is COc1cc(Nc2ncc(C)c(Nc3ccc(CNS(=O)(=O)N(C)C)cc3)n2)cc(OC)c1OC. The number of nitrogens with one attached hydrogen (secondary N) is 3. The monoisotopic (exact) mass is 502 g/mol. The van der Waals surface area contributed by atoms with Crippen LogP contribution < -0.4 is 29.6 Å². The third kappa shape index (κ3) is 6.50. The van der Waals surface area contributed by atoms with Gasteiger partial charge in [-0.05, 0) is 24.6 Å². The Balaban J connectivity index is 1.75. The van der Waals surface area contributed by atoms with Crippen LogP contribution in [-0.2, 0) is 16.8 Å². The molecule has 0 fully saturated rings. The van der Waals surface area contributed by atoms with Gasteiger partial charge in [-0.15, -0.1) is 0 Å². The van der Waals surface area contributed by atoms with E-state index in [4.69, 9.17) is 14.2 Å². The standard InChI is InChI=1S/C23H30N6O5S/c1-15-13-24-23(27-18-11-19(32-4)21(34-6)20(12-18)33-5)28-22(15)26-17-9-7-16(8-10-17)14-25-35(30,31)29(2)3/h7-13,25H,14H2,1-6H3,(H2,24,26,27,28). The van der Waals surface area contributed by atoms with Gasteiger partial charge in [0.1, 0.15) is 5.82 Å². The first-order chi connectivity index (χ1) is 16.7. The van der Waals surface area contributed by atoms with Gasteiger partial charge >= 0.3 is 0 Å². The van der Waals surface area contributed by atoms with E-state index in [1.165, 1.54) is 14.1 Å². The largest absolute Gasteiger partial charge is 0.493 e. The summed E-state index contributed by atoms with van der Waals surface area (Å²) in [5.74, 6) is 2.50. The number of methoxy groups -OCH3 is 3. The van der Waals surface area contributed by atoms with E-state index in [2.05, 4.69) is 25.3 Å². The molecule has 3 N–H and O–H groups in total. The molecular formula is C23H30N6O5S. The summed E-state index contributed by atoms with van der Waals surface area (Å²) in [4.78, 5) is 8.94. The predicted octanol–water partition coefficient (Wildman–Crippen LogP) is 3.19. The third-order valence-corrected chi connectivity index (χ3v) is 6.52. The van der Waals surface area contributed by atoms with E-state index < -0.39 is 10.2 Å². The number of aromatic nitrogens is 2.